The Morgan fingerprint density at radius 2 is 1.55 bits per heavy atom. The average Bonchev–Trinajstić information content (AvgIpc) is 3.69. The summed E-state index contributed by atoms with van der Waals surface area (Å²) in [6, 6.07) is 0. The molecular weight excluding hydrogens is 737 g/mol. The Morgan fingerprint density at radius 1 is 0.897 bits per heavy atom. The Balaban J connectivity index is 1.56. The normalized spacial score (nSPS) is 34.4. The number of likely N-dealkylation sites (tertiary alicyclic amines) is 1. The molecule has 0 radical (unpaired) electrons. The molecule has 58 heavy (non-hydrogen) atoms. The molecule has 316 valence electrons. The zero-order chi connectivity index (χ0) is 42.8. The zero-order valence-corrected chi connectivity index (χ0v) is 36.3. The van der Waals surface area contributed by atoms with Gasteiger partial charge in [-0.3, -0.25) is 14.6 Å². The van der Waals surface area contributed by atoms with E-state index in [1.54, 1.807) is 45.3 Å². The van der Waals surface area contributed by atoms with Gasteiger partial charge in [-0.15, -0.1) is 0 Å². The number of rotatable bonds is 2. The zero-order valence-electron chi connectivity index (χ0n) is 36.3. The van der Waals surface area contributed by atoms with Crippen molar-refractivity contribution in [3.63, 3.8) is 0 Å². The lowest BCUT2D eigenvalue weighted by molar-refractivity contribution is -0.114. The van der Waals surface area contributed by atoms with Crippen LogP contribution in [0.3, 0.4) is 0 Å². The standard InChI is InChI=1S/C46H64N4O8/c1-22(2)20-50-18-16-46(17-19-50)48-35-32-33-40(53)31(11)42-34(32)43(55)45(12,58-42)57-21-25(5)26(6)27(7)28(8)29(9)39(52)30(10)38(51)23(3)14-13-15-24(4)44(56)47-37(41(33)54)36(35)49-46/h13-15,21-23,26-30,38-39,48,51-54H,16-20H2,1-12H3/b14-13+,24-15-,25-21+,47-37?/t23-,26-,27+,28+,29-,30+,38-,39-,45-/m0/s1. The van der Waals surface area contributed by atoms with Gasteiger partial charge >= 0.3 is 5.79 Å². The molecule has 0 aromatic heterocycles. The second kappa shape index (κ2) is 16.1. The number of aliphatic hydroxyl groups is 2. The van der Waals surface area contributed by atoms with Gasteiger partial charge in [0.25, 0.3) is 11.7 Å². The van der Waals surface area contributed by atoms with Crippen LogP contribution in [0.1, 0.15) is 105 Å². The molecule has 5 N–H and O–H groups in total. The van der Waals surface area contributed by atoms with Gasteiger partial charge in [0.2, 0.25) is 0 Å². The van der Waals surface area contributed by atoms with E-state index in [0.29, 0.717) is 24.4 Å². The van der Waals surface area contributed by atoms with Crippen LogP contribution >= 0.6 is 0 Å². The number of aromatic hydroxyl groups is 2. The number of anilines is 1. The molecule has 12 nitrogen and oxygen atoms in total. The van der Waals surface area contributed by atoms with Gasteiger partial charge in [-0.2, -0.15) is 0 Å². The van der Waals surface area contributed by atoms with E-state index in [9.17, 15) is 30.0 Å². The van der Waals surface area contributed by atoms with E-state index in [0.717, 1.165) is 25.2 Å². The second-order valence-corrected chi connectivity index (χ2v) is 18.4. The van der Waals surface area contributed by atoms with Crippen LogP contribution in [0.4, 0.5) is 5.69 Å². The minimum atomic E-state index is -1.81. The number of benzene rings is 2. The largest absolute Gasteiger partial charge is 0.507 e. The van der Waals surface area contributed by atoms with Gasteiger partial charge in [-0.05, 0) is 55.9 Å². The summed E-state index contributed by atoms with van der Waals surface area (Å²) >= 11 is 0. The molecule has 5 bridgehead atoms. The molecular formula is C46H64N4O8. The number of nitrogens with zero attached hydrogens (tertiary/aromatic N) is 3. The maximum atomic E-state index is 14.7. The first kappa shape index (κ1) is 43.3. The van der Waals surface area contributed by atoms with Crippen molar-refractivity contribution < 1.29 is 39.5 Å². The van der Waals surface area contributed by atoms with Crippen LogP contribution in [-0.2, 0) is 9.53 Å². The van der Waals surface area contributed by atoms with Gasteiger partial charge in [0.05, 0.1) is 35.1 Å². The molecule has 5 aliphatic heterocycles. The number of carbonyl (C=O) groups is 2. The number of hydrogen-bond donors (Lipinski definition) is 5. The van der Waals surface area contributed by atoms with Crippen molar-refractivity contribution in [3.05, 3.63) is 57.5 Å². The van der Waals surface area contributed by atoms with E-state index < -0.39 is 47.0 Å². The van der Waals surface area contributed by atoms with Gasteiger partial charge in [0.15, 0.2) is 5.75 Å². The predicted octanol–water partition coefficient (Wildman–Crippen LogP) is 6.47. The molecule has 1 fully saturated rings. The molecule has 9 atom stereocenters. The maximum absolute atomic E-state index is 14.7. The number of phenolic OH excluding ortho intramolecular Hbond substituents is 2. The molecule has 5 aliphatic rings. The van der Waals surface area contributed by atoms with Crippen molar-refractivity contribution >= 4 is 28.2 Å². The average molecular weight is 801 g/mol. The smallest absolute Gasteiger partial charge is 0.312 e. The molecule has 1 amide bonds. The summed E-state index contributed by atoms with van der Waals surface area (Å²) in [5.41, 5.74) is 1.07. The summed E-state index contributed by atoms with van der Waals surface area (Å²) < 4.78 is 12.7. The second-order valence-electron chi connectivity index (χ2n) is 18.4. The number of ketones is 1. The van der Waals surface area contributed by atoms with Crippen molar-refractivity contribution in [1.82, 2.24) is 4.90 Å². The number of ether oxygens (including phenoxy) is 2. The van der Waals surface area contributed by atoms with E-state index in [1.165, 1.54) is 0 Å². The summed E-state index contributed by atoms with van der Waals surface area (Å²) in [5, 5.41) is 50.7. The first-order valence-electron chi connectivity index (χ1n) is 21.0. The first-order valence-corrected chi connectivity index (χ1v) is 21.0. The highest BCUT2D eigenvalue weighted by Crippen LogP contribution is 2.51. The molecule has 2 aromatic rings. The fraction of sp³-hybridized carbons (Fsp3) is 0.609. The molecule has 0 saturated carbocycles. The van der Waals surface area contributed by atoms with E-state index in [1.807, 2.05) is 27.7 Å². The monoisotopic (exact) mass is 800 g/mol. The van der Waals surface area contributed by atoms with Gasteiger partial charge in [0, 0.05) is 67.8 Å². The third-order valence-corrected chi connectivity index (χ3v) is 13.9. The van der Waals surface area contributed by atoms with Gasteiger partial charge in [0.1, 0.15) is 27.9 Å². The Morgan fingerprint density at radius 3 is 2.19 bits per heavy atom. The quantitative estimate of drug-likeness (QED) is 0.212. The van der Waals surface area contributed by atoms with E-state index in [-0.39, 0.29) is 79.3 Å². The van der Waals surface area contributed by atoms with E-state index in [2.05, 4.69) is 49.8 Å². The van der Waals surface area contributed by atoms with Crippen molar-refractivity contribution in [2.75, 3.05) is 25.0 Å². The number of phenols is 2. The molecule has 5 heterocycles. The number of hydrogen-bond acceptors (Lipinski definition) is 11. The Bertz CT molecular complexity index is 2200. The lowest BCUT2D eigenvalue weighted by atomic mass is 9.71. The van der Waals surface area contributed by atoms with Crippen LogP contribution in [0, 0.1) is 48.3 Å². The topological polar surface area (TPSA) is 174 Å². The SMILES string of the molecule is C/C1=C/C=C/[C@H](C)[C@H](O)[C@@H](C)[C@@H](O)[C@@H](C)[C@H](C)[C@H](C)[C@@H](C)/C(C)=C/O[C@@]2(C)Oc3c(C)c(O)c4c(O)c(c5c(c4c3C2=O)NC2(CCN(CC(C)C)CC2)N=5)=NC1=O. The molecule has 2 aromatic carbocycles. The highest BCUT2D eigenvalue weighted by Gasteiger charge is 2.50. The van der Waals surface area contributed by atoms with Crippen molar-refractivity contribution in [1.29, 1.82) is 0 Å². The minimum Gasteiger partial charge on any atom is -0.507 e. The van der Waals surface area contributed by atoms with Gasteiger partial charge in [-0.25, -0.2) is 4.99 Å². The van der Waals surface area contributed by atoms with Crippen molar-refractivity contribution in [3.8, 4) is 17.2 Å². The molecule has 7 rings (SSSR count). The molecule has 0 aliphatic carbocycles. The summed E-state index contributed by atoms with van der Waals surface area (Å²) in [6.45, 7) is 25.6. The Kier molecular flexibility index (Phi) is 12.0. The lowest BCUT2D eigenvalue weighted by Crippen LogP contribution is -2.47. The van der Waals surface area contributed by atoms with Gasteiger partial charge in [-0.1, -0.05) is 73.6 Å². The van der Waals surface area contributed by atoms with Crippen LogP contribution in [-0.4, -0.2) is 80.3 Å². The van der Waals surface area contributed by atoms with Crippen LogP contribution in [0.2, 0.25) is 0 Å². The summed E-state index contributed by atoms with van der Waals surface area (Å²) in [6.07, 6.45) is 6.25. The summed E-state index contributed by atoms with van der Waals surface area (Å²) in [5.74, 6) is -3.92. The van der Waals surface area contributed by atoms with Crippen LogP contribution in [0.5, 0.6) is 17.2 Å². The van der Waals surface area contributed by atoms with Crippen LogP contribution < -0.4 is 20.8 Å². The predicted molar refractivity (Wildman–Crippen MR) is 224 cm³/mol. The number of amides is 1. The highest BCUT2D eigenvalue weighted by atomic mass is 16.7. The molecule has 12 heteroatoms. The summed E-state index contributed by atoms with van der Waals surface area (Å²) in [7, 11) is 0. The van der Waals surface area contributed by atoms with Crippen molar-refractivity contribution in [2.45, 2.75) is 120 Å². The summed E-state index contributed by atoms with van der Waals surface area (Å²) in [4.78, 5) is 40.6. The van der Waals surface area contributed by atoms with E-state index >= 15 is 0 Å². The molecule has 0 unspecified atom stereocenters. The van der Waals surface area contributed by atoms with Crippen LogP contribution in [0.15, 0.2) is 45.6 Å². The fourth-order valence-corrected chi connectivity index (χ4v) is 9.23. The Hall–Kier alpha value is -4.26. The van der Waals surface area contributed by atoms with Gasteiger partial charge < -0.3 is 40.1 Å². The number of fused-ring (bicyclic) bond motifs is 13. The maximum Gasteiger partial charge on any atom is 0.312 e. The number of carbonyl (C=O) groups excluding carboxylic acids is 2. The van der Waals surface area contributed by atoms with E-state index in [4.69, 9.17) is 14.5 Å². The fourth-order valence-electron chi connectivity index (χ4n) is 9.23. The van der Waals surface area contributed by atoms with Crippen molar-refractivity contribution in [2.24, 2.45) is 51.4 Å². The Labute approximate surface area is 342 Å². The number of aliphatic hydroxyl groups excluding tert-OH is 2. The number of piperidine rings is 1. The van der Waals surface area contributed by atoms with Crippen LogP contribution in [0.25, 0.3) is 10.8 Å². The third-order valence-electron chi connectivity index (χ3n) is 13.9. The highest BCUT2D eigenvalue weighted by molar-refractivity contribution is 6.21. The number of nitrogens with one attached hydrogen (secondary N) is 1. The molecule has 1 saturated heterocycles. The number of allylic oxidation sites excluding steroid dienone is 3. The molecule has 1 spiro atoms. The third kappa shape index (κ3) is 7.56. The minimum absolute atomic E-state index is 0.0135. The first-order chi connectivity index (χ1) is 27.1. The lowest BCUT2D eigenvalue weighted by Gasteiger charge is -2.38. The number of Topliss-reactive ketones (excluding diaryl/α,β-unsaturated/α-hetero) is 1.